The van der Waals surface area contributed by atoms with Crippen LogP contribution in [-0.4, -0.2) is 48.2 Å². The number of piperidine rings is 1. The van der Waals surface area contributed by atoms with Crippen molar-refractivity contribution < 1.29 is 8.42 Å². The Bertz CT molecular complexity index is 571. The second-order valence-corrected chi connectivity index (χ2v) is 8.99. The van der Waals surface area contributed by atoms with E-state index in [1.54, 1.807) is 15.6 Å². The largest absolute Gasteiger partial charge is 0.281 e. The second-order valence-electron chi connectivity index (χ2n) is 5.83. The molecule has 0 spiro atoms. The van der Waals surface area contributed by atoms with Gasteiger partial charge in [0.25, 0.3) is 10.2 Å². The van der Waals surface area contributed by atoms with Crippen LogP contribution in [0.4, 0.5) is 0 Å². The molecule has 0 unspecified atom stereocenters. The SMILES string of the molecule is CCN(CC)S(=O)(=O)N1CCC(C)(c2ncc(C)s2)CC1. The van der Waals surface area contributed by atoms with Crippen LogP contribution in [0, 0.1) is 6.92 Å². The highest BCUT2D eigenvalue weighted by Crippen LogP contribution is 2.37. The van der Waals surface area contributed by atoms with Crippen LogP contribution in [0.25, 0.3) is 0 Å². The van der Waals surface area contributed by atoms with Crippen LogP contribution in [0.5, 0.6) is 0 Å². The zero-order valence-electron chi connectivity index (χ0n) is 13.3. The zero-order chi connectivity index (χ0) is 15.7. The van der Waals surface area contributed by atoms with Crippen molar-refractivity contribution in [2.24, 2.45) is 0 Å². The molecule has 0 aromatic carbocycles. The molecule has 0 bridgehead atoms. The van der Waals surface area contributed by atoms with Crippen LogP contribution in [0.3, 0.4) is 0 Å². The first-order valence-electron chi connectivity index (χ1n) is 7.51. The lowest BCUT2D eigenvalue weighted by Crippen LogP contribution is -2.49. The Morgan fingerprint density at radius 3 is 2.33 bits per heavy atom. The molecule has 2 rings (SSSR count). The van der Waals surface area contributed by atoms with Crippen molar-refractivity contribution in [1.29, 1.82) is 0 Å². The Morgan fingerprint density at radius 1 is 1.33 bits per heavy atom. The summed E-state index contributed by atoms with van der Waals surface area (Å²) in [5.74, 6) is 0. The maximum Gasteiger partial charge on any atom is 0.281 e. The lowest BCUT2D eigenvalue weighted by atomic mass is 9.82. The Labute approximate surface area is 132 Å². The number of hydrogen-bond donors (Lipinski definition) is 0. The van der Waals surface area contributed by atoms with Gasteiger partial charge < -0.3 is 0 Å². The van der Waals surface area contributed by atoms with E-state index < -0.39 is 10.2 Å². The zero-order valence-corrected chi connectivity index (χ0v) is 14.9. The van der Waals surface area contributed by atoms with Crippen LogP contribution in [-0.2, 0) is 15.6 Å². The second kappa shape index (κ2) is 6.32. The summed E-state index contributed by atoms with van der Waals surface area (Å²) >= 11 is 1.73. The van der Waals surface area contributed by atoms with Crippen molar-refractivity contribution in [3.63, 3.8) is 0 Å². The minimum absolute atomic E-state index is 0.00814. The third-order valence-electron chi connectivity index (χ3n) is 4.32. The molecule has 1 aliphatic rings. The van der Waals surface area contributed by atoms with Gasteiger partial charge in [0.2, 0.25) is 0 Å². The monoisotopic (exact) mass is 331 g/mol. The lowest BCUT2D eigenvalue weighted by molar-refractivity contribution is 0.235. The van der Waals surface area contributed by atoms with Crippen LogP contribution in [0.15, 0.2) is 6.20 Å². The molecule has 2 heterocycles. The molecule has 0 atom stereocenters. The molecule has 1 aromatic rings. The van der Waals surface area contributed by atoms with Crippen LogP contribution in [0.1, 0.15) is 43.5 Å². The van der Waals surface area contributed by atoms with Gasteiger partial charge in [-0.25, -0.2) is 4.98 Å². The lowest BCUT2D eigenvalue weighted by Gasteiger charge is -2.39. The smallest absolute Gasteiger partial charge is 0.249 e. The molecule has 0 saturated carbocycles. The number of nitrogens with zero attached hydrogens (tertiary/aromatic N) is 3. The van der Waals surface area contributed by atoms with Crippen molar-refractivity contribution in [2.45, 2.75) is 46.0 Å². The summed E-state index contributed by atoms with van der Waals surface area (Å²) < 4.78 is 28.2. The first-order valence-corrected chi connectivity index (χ1v) is 9.73. The van der Waals surface area contributed by atoms with E-state index in [1.807, 2.05) is 20.0 Å². The molecule has 21 heavy (non-hydrogen) atoms. The highest BCUT2D eigenvalue weighted by atomic mass is 32.2. The Morgan fingerprint density at radius 2 is 1.90 bits per heavy atom. The third kappa shape index (κ3) is 3.31. The van der Waals surface area contributed by atoms with Crippen molar-refractivity contribution in [1.82, 2.24) is 13.6 Å². The van der Waals surface area contributed by atoms with E-state index in [4.69, 9.17) is 0 Å². The van der Waals surface area contributed by atoms with Crippen molar-refractivity contribution in [2.75, 3.05) is 26.2 Å². The number of aryl methyl sites for hydroxylation is 1. The molecule has 1 aromatic heterocycles. The number of rotatable bonds is 5. The Balaban J connectivity index is 2.10. The summed E-state index contributed by atoms with van der Waals surface area (Å²) in [5, 5.41) is 1.14. The predicted octanol–water partition coefficient (Wildman–Crippen LogP) is 2.39. The van der Waals surface area contributed by atoms with Gasteiger partial charge in [-0.15, -0.1) is 11.3 Å². The first kappa shape index (κ1) is 16.9. The molecule has 0 N–H and O–H groups in total. The van der Waals surface area contributed by atoms with E-state index in [9.17, 15) is 8.42 Å². The van der Waals surface area contributed by atoms with Crippen molar-refractivity contribution >= 4 is 21.5 Å². The third-order valence-corrected chi connectivity index (χ3v) is 7.73. The van der Waals surface area contributed by atoms with Crippen LogP contribution >= 0.6 is 11.3 Å². The normalized spacial score (nSPS) is 20.0. The summed E-state index contributed by atoms with van der Waals surface area (Å²) in [6.45, 7) is 10.2. The maximum atomic E-state index is 12.5. The summed E-state index contributed by atoms with van der Waals surface area (Å²) in [6, 6.07) is 0. The van der Waals surface area contributed by atoms with Gasteiger partial charge in [-0.05, 0) is 19.8 Å². The van der Waals surface area contributed by atoms with E-state index >= 15 is 0 Å². The minimum atomic E-state index is -3.30. The fraction of sp³-hybridized carbons (Fsp3) is 0.786. The number of hydrogen-bond acceptors (Lipinski definition) is 4. The molecule has 0 amide bonds. The summed E-state index contributed by atoms with van der Waals surface area (Å²) in [6.07, 6.45) is 3.57. The van der Waals surface area contributed by atoms with Crippen LogP contribution < -0.4 is 0 Å². The molecule has 1 saturated heterocycles. The van der Waals surface area contributed by atoms with E-state index in [1.165, 1.54) is 9.18 Å². The average Bonchev–Trinajstić information content (AvgIpc) is 2.88. The molecule has 0 aliphatic carbocycles. The van der Waals surface area contributed by atoms with Gasteiger partial charge in [0, 0.05) is 42.7 Å². The molecule has 1 fully saturated rings. The number of aromatic nitrogens is 1. The van der Waals surface area contributed by atoms with E-state index in [-0.39, 0.29) is 5.41 Å². The predicted molar refractivity (Wildman–Crippen MR) is 86.9 cm³/mol. The van der Waals surface area contributed by atoms with E-state index in [2.05, 4.69) is 18.8 Å². The Kier molecular flexibility index (Phi) is 5.07. The average molecular weight is 332 g/mol. The van der Waals surface area contributed by atoms with Crippen LogP contribution in [0.2, 0.25) is 0 Å². The highest BCUT2D eigenvalue weighted by molar-refractivity contribution is 7.86. The van der Waals surface area contributed by atoms with Gasteiger partial charge in [0.05, 0.1) is 5.01 Å². The fourth-order valence-electron chi connectivity index (χ4n) is 2.77. The molecule has 5 nitrogen and oxygen atoms in total. The maximum absolute atomic E-state index is 12.5. The van der Waals surface area contributed by atoms with Gasteiger partial charge >= 0.3 is 0 Å². The van der Waals surface area contributed by atoms with E-state index in [0.29, 0.717) is 26.2 Å². The van der Waals surface area contributed by atoms with Gasteiger partial charge in [-0.3, -0.25) is 0 Å². The van der Waals surface area contributed by atoms with Gasteiger partial charge in [-0.2, -0.15) is 17.0 Å². The summed E-state index contributed by atoms with van der Waals surface area (Å²) in [7, 11) is -3.30. The summed E-state index contributed by atoms with van der Waals surface area (Å²) in [5.41, 5.74) is 0.00814. The molecule has 1 aliphatic heterocycles. The quantitative estimate of drug-likeness (QED) is 0.832. The topological polar surface area (TPSA) is 53.5 Å². The standard InChI is InChI=1S/C14H25N3O2S2/c1-5-16(6-2)21(18,19)17-9-7-14(4,8-10-17)13-15-11-12(3)20-13/h11H,5-10H2,1-4H3. The fourth-order valence-corrected chi connectivity index (χ4v) is 5.36. The van der Waals surface area contributed by atoms with Gasteiger partial charge in [0.1, 0.15) is 0 Å². The Hall–Kier alpha value is -0.500. The highest BCUT2D eigenvalue weighted by Gasteiger charge is 2.39. The molecule has 0 radical (unpaired) electrons. The van der Waals surface area contributed by atoms with Crippen molar-refractivity contribution in [3.05, 3.63) is 16.1 Å². The minimum Gasteiger partial charge on any atom is -0.249 e. The number of thiazole rings is 1. The molecule has 7 heteroatoms. The van der Waals surface area contributed by atoms with E-state index in [0.717, 1.165) is 17.8 Å². The van der Waals surface area contributed by atoms with Gasteiger partial charge in [-0.1, -0.05) is 20.8 Å². The summed E-state index contributed by atoms with van der Waals surface area (Å²) in [4.78, 5) is 5.72. The first-order chi connectivity index (χ1) is 9.83. The molecular weight excluding hydrogens is 306 g/mol. The van der Waals surface area contributed by atoms with Gasteiger partial charge in [0.15, 0.2) is 0 Å². The van der Waals surface area contributed by atoms with Crippen molar-refractivity contribution in [3.8, 4) is 0 Å². The molecular formula is C14H25N3O2S2. The molecule has 120 valence electrons.